The molecule has 3 aromatic carbocycles. The summed E-state index contributed by atoms with van der Waals surface area (Å²) in [6, 6.07) is 20.6. The third-order valence-electron chi connectivity index (χ3n) is 7.26. The molecule has 1 aromatic heterocycles. The van der Waals surface area contributed by atoms with Crippen LogP contribution in [-0.4, -0.2) is 41.5 Å². The zero-order chi connectivity index (χ0) is 30.0. The van der Waals surface area contributed by atoms with E-state index in [-0.39, 0.29) is 11.3 Å². The van der Waals surface area contributed by atoms with E-state index in [0.717, 1.165) is 11.1 Å². The van der Waals surface area contributed by atoms with Crippen LogP contribution < -0.4 is 24.8 Å². The number of ether oxygens (including phenoxy) is 3. The third-order valence-corrected chi connectivity index (χ3v) is 7.26. The van der Waals surface area contributed by atoms with Crippen molar-refractivity contribution in [3.8, 4) is 28.6 Å². The van der Waals surface area contributed by atoms with Gasteiger partial charge in [0, 0.05) is 11.3 Å². The molecule has 42 heavy (non-hydrogen) atoms. The molecule has 5 rings (SSSR count). The van der Waals surface area contributed by atoms with E-state index in [1.54, 1.807) is 31.0 Å². The molecule has 0 radical (unpaired) electrons. The van der Waals surface area contributed by atoms with Gasteiger partial charge in [0.1, 0.15) is 11.8 Å². The highest BCUT2D eigenvalue weighted by atomic mass is 16.5. The van der Waals surface area contributed by atoms with Crippen molar-refractivity contribution in [2.75, 3.05) is 31.5 Å². The molecule has 0 saturated carbocycles. The van der Waals surface area contributed by atoms with Crippen molar-refractivity contribution in [2.24, 2.45) is 0 Å². The van der Waals surface area contributed by atoms with E-state index in [0.29, 0.717) is 52.6 Å². The monoisotopic (exact) mass is 567 g/mol. The van der Waals surface area contributed by atoms with Gasteiger partial charge in [0.05, 0.1) is 32.1 Å². The van der Waals surface area contributed by atoms with E-state index < -0.39 is 6.04 Å². The second-order valence-corrected chi connectivity index (χ2v) is 11.1. The highest BCUT2D eigenvalue weighted by Crippen LogP contribution is 2.40. The predicted octanol–water partition coefficient (Wildman–Crippen LogP) is 6.59. The van der Waals surface area contributed by atoms with Crippen LogP contribution in [0.1, 0.15) is 51.8 Å². The largest absolute Gasteiger partial charge is 0.495 e. The van der Waals surface area contributed by atoms with Gasteiger partial charge in [-0.2, -0.15) is 4.98 Å². The van der Waals surface area contributed by atoms with Gasteiger partial charge in [-0.1, -0.05) is 63.2 Å². The minimum absolute atomic E-state index is 0.0312. The average Bonchev–Trinajstić information content (AvgIpc) is 3.40. The first-order chi connectivity index (χ1) is 20.1. The Kier molecular flexibility index (Phi) is 7.93. The summed E-state index contributed by atoms with van der Waals surface area (Å²) in [6.45, 7) is 10.8. The molecule has 218 valence electrons. The Hall–Kier alpha value is -4.79. The van der Waals surface area contributed by atoms with Crippen LogP contribution in [0.25, 0.3) is 11.4 Å². The fourth-order valence-electron chi connectivity index (χ4n) is 5.06. The van der Waals surface area contributed by atoms with Gasteiger partial charge in [-0.15, -0.1) is 5.10 Å². The predicted molar refractivity (Wildman–Crippen MR) is 164 cm³/mol. The number of nitrogens with one attached hydrogen (secondary N) is 2. The van der Waals surface area contributed by atoms with Gasteiger partial charge in [0.2, 0.25) is 5.95 Å². The normalized spacial score (nSPS) is 14.6. The highest BCUT2D eigenvalue weighted by Gasteiger charge is 2.35. The summed E-state index contributed by atoms with van der Waals surface area (Å²) in [4.78, 5) is 18.8. The maximum absolute atomic E-state index is 14.0. The first-order valence-corrected chi connectivity index (χ1v) is 13.9. The number of fused-ring (bicyclic) bond motifs is 1. The number of anilines is 2. The Morgan fingerprint density at radius 3 is 2.36 bits per heavy atom. The SMILES string of the molecule is CCOc1ccc(C2C(C(=O)Nc3ccccc3OC)=C(C)Nc3nc(-c4ccc(C(C)(C)C)cc4)nn32)cc1OC. The maximum Gasteiger partial charge on any atom is 0.255 e. The Bertz CT molecular complexity index is 1630. The van der Waals surface area contributed by atoms with Crippen molar-refractivity contribution in [3.05, 3.63) is 89.1 Å². The number of aromatic nitrogens is 3. The van der Waals surface area contributed by atoms with E-state index in [2.05, 4.69) is 43.5 Å². The van der Waals surface area contributed by atoms with Crippen LogP contribution in [0.2, 0.25) is 0 Å². The lowest BCUT2D eigenvalue weighted by Crippen LogP contribution is -2.31. The summed E-state index contributed by atoms with van der Waals surface area (Å²) in [5.41, 5.74) is 4.64. The molecule has 0 fully saturated rings. The number of para-hydroxylation sites is 2. The first-order valence-electron chi connectivity index (χ1n) is 13.9. The van der Waals surface area contributed by atoms with E-state index in [1.807, 2.05) is 56.3 Å². The van der Waals surface area contributed by atoms with Gasteiger partial charge in [-0.05, 0) is 54.7 Å². The molecule has 0 bridgehead atoms. The smallest absolute Gasteiger partial charge is 0.255 e. The van der Waals surface area contributed by atoms with E-state index in [1.165, 1.54) is 5.56 Å². The van der Waals surface area contributed by atoms with Crippen LogP contribution in [0.5, 0.6) is 17.2 Å². The Morgan fingerprint density at radius 1 is 0.976 bits per heavy atom. The number of carbonyl (C=O) groups excluding carboxylic acids is 1. The molecule has 4 aromatic rings. The molecular weight excluding hydrogens is 530 g/mol. The standard InChI is InChI=1S/C33H37N5O4/c1-8-42-26-18-15-22(19-27(26)41-7)29-28(31(39)35-24-11-9-10-12-25(24)40-6)20(2)34-32-36-30(37-38(29)32)21-13-16-23(17-14-21)33(3,4)5/h9-19,29H,8H2,1-7H3,(H,35,39)(H,34,36,37). The molecule has 2 N–H and O–H groups in total. The van der Waals surface area contributed by atoms with E-state index in [9.17, 15) is 4.79 Å². The number of allylic oxidation sites excluding steroid dienone is 1. The fourth-order valence-corrected chi connectivity index (χ4v) is 5.06. The summed E-state index contributed by atoms with van der Waals surface area (Å²) in [7, 11) is 3.17. The summed E-state index contributed by atoms with van der Waals surface area (Å²) in [5, 5.41) is 11.3. The highest BCUT2D eigenvalue weighted by molar-refractivity contribution is 6.06. The second-order valence-electron chi connectivity index (χ2n) is 11.1. The van der Waals surface area contributed by atoms with Crippen LogP contribution in [0.15, 0.2) is 78.0 Å². The van der Waals surface area contributed by atoms with Crippen molar-refractivity contribution in [1.29, 1.82) is 0 Å². The Balaban J connectivity index is 1.61. The molecule has 2 heterocycles. The molecule has 1 unspecified atom stereocenters. The minimum Gasteiger partial charge on any atom is -0.495 e. The molecule has 1 aliphatic rings. The number of hydrogen-bond acceptors (Lipinski definition) is 7. The van der Waals surface area contributed by atoms with Crippen molar-refractivity contribution in [3.63, 3.8) is 0 Å². The molecule has 1 atom stereocenters. The van der Waals surface area contributed by atoms with Crippen molar-refractivity contribution >= 4 is 17.5 Å². The molecule has 1 amide bonds. The van der Waals surface area contributed by atoms with Crippen molar-refractivity contribution < 1.29 is 19.0 Å². The van der Waals surface area contributed by atoms with Crippen LogP contribution in [0, 0.1) is 0 Å². The number of rotatable bonds is 8. The zero-order valence-electron chi connectivity index (χ0n) is 25.1. The van der Waals surface area contributed by atoms with Gasteiger partial charge >= 0.3 is 0 Å². The first kappa shape index (κ1) is 28.7. The Labute approximate surface area is 246 Å². The van der Waals surface area contributed by atoms with Gasteiger partial charge in [-0.25, -0.2) is 4.68 Å². The lowest BCUT2D eigenvalue weighted by molar-refractivity contribution is -0.113. The second kappa shape index (κ2) is 11.6. The van der Waals surface area contributed by atoms with Crippen LogP contribution >= 0.6 is 0 Å². The lowest BCUT2D eigenvalue weighted by Gasteiger charge is -2.29. The summed E-state index contributed by atoms with van der Waals surface area (Å²) < 4.78 is 18.6. The topological polar surface area (TPSA) is 99.5 Å². The van der Waals surface area contributed by atoms with Crippen LogP contribution in [-0.2, 0) is 10.2 Å². The molecule has 0 saturated heterocycles. The van der Waals surface area contributed by atoms with Gasteiger partial charge in [-0.3, -0.25) is 4.79 Å². The number of hydrogen-bond donors (Lipinski definition) is 2. The number of benzene rings is 3. The lowest BCUT2D eigenvalue weighted by atomic mass is 9.87. The van der Waals surface area contributed by atoms with Crippen molar-refractivity contribution in [1.82, 2.24) is 14.8 Å². The van der Waals surface area contributed by atoms with Gasteiger partial charge in [0.25, 0.3) is 5.91 Å². The number of nitrogens with zero attached hydrogens (tertiary/aromatic N) is 3. The number of amides is 1. The maximum atomic E-state index is 14.0. The molecular formula is C33H37N5O4. The quantitative estimate of drug-likeness (QED) is 0.248. The molecule has 1 aliphatic heterocycles. The number of methoxy groups -OCH3 is 2. The summed E-state index contributed by atoms with van der Waals surface area (Å²) >= 11 is 0. The van der Waals surface area contributed by atoms with Gasteiger partial charge < -0.3 is 24.8 Å². The fraction of sp³-hybridized carbons (Fsp3) is 0.303. The molecule has 0 spiro atoms. The molecule has 9 heteroatoms. The zero-order valence-corrected chi connectivity index (χ0v) is 25.1. The van der Waals surface area contributed by atoms with Crippen LogP contribution in [0.3, 0.4) is 0 Å². The van der Waals surface area contributed by atoms with E-state index >= 15 is 0 Å². The van der Waals surface area contributed by atoms with E-state index in [4.69, 9.17) is 24.3 Å². The molecule has 0 aliphatic carbocycles. The average molecular weight is 568 g/mol. The van der Waals surface area contributed by atoms with Crippen molar-refractivity contribution in [2.45, 2.75) is 46.1 Å². The molecule has 9 nitrogen and oxygen atoms in total. The van der Waals surface area contributed by atoms with Gasteiger partial charge in [0.15, 0.2) is 17.3 Å². The Morgan fingerprint density at radius 2 is 1.69 bits per heavy atom. The van der Waals surface area contributed by atoms with Crippen LogP contribution in [0.4, 0.5) is 11.6 Å². The number of carbonyl (C=O) groups is 1. The summed E-state index contributed by atoms with van der Waals surface area (Å²) in [5.74, 6) is 2.55. The minimum atomic E-state index is -0.601. The third kappa shape index (κ3) is 5.54. The summed E-state index contributed by atoms with van der Waals surface area (Å²) in [6.07, 6.45) is 0.